The van der Waals surface area contributed by atoms with E-state index < -0.39 is 6.04 Å². The third-order valence-corrected chi connectivity index (χ3v) is 3.80. The summed E-state index contributed by atoms with van der Waals surface area (Å²) in [6, 6.07) is 16.2. The van der Waals surface area contributed by atoms with Gasteiger partial charge >= 0.3 is 0 Å². The van der Waals surface area contributed by atoms with Crippen LogP contribution in [0.15, 0.2) is 54.6 Å². The molecule has 118 valence electrons. The Hall–Kier alpha value is -2.66. The van der Waals surface area contributed by atoms with Gasteiger partial charge in [0.2, 0.25) is 11.8 Å². The van der Waals surface area contributed by atoms with Crippen molar-refractivity contribution < 1.29 is 14.3 Å². The number of rotatable bonds is 4. The highest BCUT2D eigenvalue weighted by Crippen LogP contribution is 2.22. The van der Waals surface area contributed by atoms with Crippen molar-refractivity contribution in [3.63, 3.8) is 0 Å². The number of nitrogens with zero attached hydrogens (tertiary/aromatic N) is 1. The highest BCUT2D eigenvalue weighted by molar-refractivity contribution is 6.00. The van der Waals surface area contributed by atoms with Gasteiger partial charge in [0, 0.05) is 6.42 Å². The molecule has 1 unspecified atom stereocenters. The molecule has 5 nitrogen and oxygen atoms in total. The lowest BCUT2D eigenvalue weighted by molar-refractivity contribution is -0.149. The summed E-state index contributed by atoms with van der Waals surface area (Å²) in [5.74, 6) is 0.993. The molecule has 1 aliphatic heterocycles. The third kappa shape index (κ3) is 3.57. The molecule has 1 atom stereocenters. The summed E-state index contributed by atoms with van der Waals surface area (Å²) in [5.41, 5.74) is 6.59. The number of benzene rings is 2. The van der Waals surface area contributed by atoms with Crippen LogP contribution in [0.1, 0.15) is 18.4 Å². The summed E-state index contributed by atoms with van der Waals surface area (Å²) < 4.78 is 5.72. The van der Waals surface area contributed by atoms with Crippen LogP contribution in [0.4, 0.5) is 0 Å². The van der Waals surface area contributed by atoms with E-state index in [1.54, 1.807) is 0 Å². The fourth-order valence-electron chi connectivity index (χ4n) is 2.50. The lowest BCUT2D eigenvalue weighted by Crippen LogP contribution is -2.50. The van der Waals surface area contributed by atoms with Crippen LogP contribution < -0.4 is 10.5 Å². The summed E-state index contributed by atoms with van der Waals surface area (Å²) in [7, 11) is 0. The molecule has 0 radical (unpaired) electrons. The SMILES string of the molecule is NC1CCC(=O)N(Cc2ccc(Oc3ccccc3)cc2)C1=O. The minimum Gasteiger partial charge on any atom is -0.457 e. The standard InChI is InChI=1S/C18H18N2O3/c19-16-10-11-17(21)20(18(16)22)12-13-6-8-15(9-7-13)23-14-4-2-1-3-5-14/h1-9,16H,10-12,19H2. The van der Waals surface area contributed by atoms with Gasteiger partial charge in [0.1, 0.15) is 11.5 Å². The van der Waals surface area contributed by atoms with E-state index in [1.807, 2.05) is 54.6 Å². The summed E-state index contributed by atoms with van der Waals surface area (Å²) in [6.45, 7) is 0.247. The quantitative estimate of drug-likeness (QED) is 0.880. The first kappa shape index (κ1) is 15.2. The number of amides is 2. The van der Waals surface area contributed by atoms with Crippen molar-refractivity contribution in [3.05, 3.63) is 60.2 Å². The van der Waals surface area contributed by atoms with Gasteiger partial charge in [-0.25, -0.2) is 0 Å². The molecule has 1 aliphatic rings. The van der Waals surface area contributed by atoms with Gasteiger partial charge in [-0.3, -0.25) is 14.5 Å². The van der Waals surface area contributed by atoms with E-state index in [2.05, 4.69) is 0 Å². The van der Waals surface area contributed by atoms with E-state index in [4.69, 9.17) is 10.5 Å². The van der Waals surface area contributed by atoms with E-state index in [-0.39, 0.29) is 18.4 Å². The van der Waals surface area contributed by atoms with Crippen LogP contribution in [0.5, 0.6) is 11.5 Å². The Morgan fingerprint density at radius 2 is 1.65 bits per heavy atom. The van der Waals surface area contributed by atoms with Crippen LogP contribution in [-0.2, 0) is 16.1 Å². The number of ether oxygens (including phenoxy) is 1. The van der Waals surface area contributed by atoms with Gasteiger partial charge in [0.15, 0.2) is 0 Å². The lowest BCUT2D eigenvalue weighted by atomic mass is 10.0. The van der Waals surface area contributed by atoms with E-state index in [0.717, 1.165) is 11.3 Å². The molecule has 1 saturated heterocycles. The molecule has 2 N–H and O–H groups in total. The Bertz CT molecular complexity index is 698. The molecule has 1 heterocycles. The number of hydrogen-bond acceptors (Lipinski definition) is 4. The topological polar surface area (TPSA) is 72.6 Å². The first-order valence-corrected chi connectivity index (χ1v) is 7.55. The van der Waals surface area contributed by atoms with Gasteiger partial charge in [-0.1, -0.05) is 30.3 Å². The number of carbonyl (C=O) groups excluding carboxylic acids is 2. The monoisotopic (exact) mass is 310 g/mol. The summed E-state index contributed by atoms with van der Waals surface area (Å²) >= 11 is 0. The molecule has 2 amide bonds. The van der Waals surface area contributed by atoms with Crippen molar-refractivity contribution in [3.8, 4) is 11.5 Å². The number of carbonyl (C=O) groups is 2. The Balaban J connectivity index is 1.67. The summed E-state index contributed by atoms with van der Waals surface area (Å²) in [4.78, 5) is 25.1. The molecular weight excluding hydrogens is 292 g/mol. The summed E-state index contributed by atoms with van der Waals surface area (Å²) in [5, 5.41) is 0. The van der Waals surface area contributed by atoms with Crippen LogP contribution in [0, 0.1) is 0 Å². The zero-order chi connectivity index (χ0) is 16.2. The lowest BCUT2D eigenvalue weighted by Gasteiger charge is -2.28. The number of imide groups is 1. The molecule has 0 aromatic heterocycles. The summed E-state index contributed by atoms with van der Waals surface area (Å²) in [6.07, 6.45) is 0.750. The minimum absolute atomic E-state index is 0.165. The highest BCUT2D eigenvalue weighted by atomic mass is 16.5. The van der Waals surface area contributed by atoms with Crippen molar-refractivity contribution >= 4 is 11.8 Å². The second-order valence-corrected chi connectivity index (χ2v) is 5.52. The number of para-hydroxylation sites is 1. The van der Waals surface area contributed by atoms with Gasteiger partial charge < -0.3 is 10.5 Å². The van der Waals surface area contributed by atoms with Gasteiger partial charge in [0.05, 0.1) is 12.6 Å². The average molecular weight is 310 g/mol. The van der Waals surface area contributed by atoms with Gasteiger partial charge in [-0.05, 0) is 36.2 Å². The zero-order valence-corrected chi connectivity index (χ0v) is 12.6. The average Bonchev–Trinajstić information content (AvgIpc) is 2.58. The molecule has 0 spiro atoms. The van der Waals surface area contributed by atoms with Crippen molar-refractivity contribution in [1.82, 2.24) is 4.90 Å². The van der Waals surface area contributed by atoms with Gasteiger partial charge in [-0.2, -0.15) is 0 Å². The second kappa shape index (κ2) is 6.62. The molecule has 0 saturated carbocycles. The molecular formula is C18H18N2O3. The van der Waals surface area contributed by atoms with Gasteiger partial charge in [0.25, 0.3) is 0 Å². The van der Waals surface area contributed by atoms with E-state index in [0.29, 0.717) is 18.6 Å². The second-order valence-electron chi connectivity index (χ2n) is 5.52. The third-order valence-electron chi connectivity index (χ3n) is 3.80. The normalized spacial score (nSPS) is 18.1. The first-order valence-electron chi connectivity index (χ1n) is 7.55. The van der Waals surface area contributed by atoms with Crippen LogP contribution >= 0.6 is 0 Å². The maximum absolute atomic E-state index is 12.0. The van der Waals surface area contributed by atoms with Crippen molar-refractivity contribution in [1.29, 1.82) is 0 Å². The molecule has 0 bridgehead atoms. The molecule has 1 fully saturated rings. The Labute approximate surface area is 134 Å². The molecule has 2 aromatic carbocycles. The maximum atomic E-state index is 12.0. The van der Waals surface area contributed by atoms with E-state index >= 15 is 0 Å². The number of likely N-dealkylation sites (tertiary alicyclic amines) is 1. The Morgan fingerprint density at radius 1 is 1.00 bits per heavy atom. The Kier molecular flexibility index (Phi) is 4.39. The van der Waals surface area contributed by atoms with Crippen LogP contribution in [0.25, 0.3) is 0 Å². The highest BCUT2D eigenvalue weighted by Gasteiger charge is 2.31. The van der Waals surface area contributed by atoms with E-state index in [1.165, 1.54) is 4.90 Å². The number of piperidine rings is 1. The predicted octanol–water partition coefficient (Wildman–Crippen LogP) is 2.46. The van der Waals surface area contributed by atoms with Crippen LogP contribution in [0.3, 0.4) is 0 Å². The zero-order valence-electron chi connectivity index (χ0n) is 12.6. The van der Waals surface area contributed by atoms with Crippen LogP contribution in [0.2, 0.25) is 0 Å². The first-order chi connectivity index (χ1) is 11.1. The predicted molar refractivity (Wildman–Crippen MR) is 85.7 cm³/mol. The van der Waals surface area contributed by atoms with Crippen molar-refractivity contribution in [2.75, 3.05) is 0 Å². The van der Waals surface area contributed by atoms with Crippen molar-refractivity contribution in [2.24, 2.45) is 5.73 Å². The number of nitrogens with two attached hydrogens (primary N) is 1. The fraction of sp³-hybridized carbons (Fsp3) is 0.222. The van der Waals surface area contributed by atoms with E-state index in [9.17, 15) is 9.59 Å². The molecule has 23 heavy (non-hydrogen) atoms. The Morgan fingerprint density at radius 3 is 2.35 bits per heavy atom. The number of hydrogen-bond donors (Lipinski definition) is 1. The fourth-order valence-corrected chi connectivity index (χ4v) is 2.50. The van der Waals surface area contributed by atoms with Gasteiger partial charge in [-0.15, -0.1) is 0 Å². The minimum atomic E-state index is -0.576. The molecule has 0 aliphatic carbocycles. The largest absolute Gasteiger partial charge is 0.457 e. The smallest absolute Gasteiger partial charge is 0.246 e. The van der Waals surface area contributed by atoms with Crippen molar-refractivity contribution in [2.45, 2.75) is 25.4 Å². The maximum Gasteiger partial charge on any atom is 0.246 e. The molecule has 5 heteroatoms. The molecule has 3 rings (SSSR count). The molecule has 2 aromatic rings. The van der Waals surface area contributed by atoms with Crippen LogP contribution in [-0.4, -0.2) is 22.8 Å².